The summed E-state index contributed by atoms with van der Waals surface area (Å²) in [5.74, 6) is -0.235. The molecule has 1 aromatic rings. The smallest absolute Gasteiger partial charge is 0.309 e. The Hall–Kier alpha value is -1.02. The Morgan fingerprint density at radius 1 is 1.54 bits per heavy atom. The number of carbonyl (C=O) groups is 1. The molecular weight excluding hydrogens is 188 g/mol. The molecule has 0 aliphatic carbocycles. The predicted molar refractivity (Wildman–Crippen MR) is 51.9 cm³/mol. The van der Waals surface area contributed by atoms with Crippen LogP contribution in [-0.2, 0) is 16.0 Å². The summed E-state index contributed by atoms with van der Waals surface area (Å²) < 4.78 is 4.55. The zero-order valence-electron chi connectivity index (χ0n) is 7.63. The Morgan fingerprint density at radius 3 is 2.77 bits per heavy atom. The minimum absolute atomic E-state index is 0.235. The van der Waals surface area contributed by atoms with Gasteiger partial charge in [-0.1, -0.05) is 23.7 Å². The fourth-order valence-corrected chi connectivity index (χ4v) is 1.17. The number of benzene rings is 1. The second-order valence-electron chi connectivity index (χ2n) is 2.84. The van der Waals surface area contributed by atoms with Gasteiger partial charge in [0.15, 0.2) is 0 Å². The number of methoxy groups -OCH3 is 1. The first kappa shape index (κ1) is 10.1. The molecule has 0 aliphatic rings. The summed E-state index contributed by atoms with van der Waals surface area (Å²) in [5, 5.41) is 0.716. The van der Waals surface area contributed by atoms with Gasteiger partial charge in [-0.15, -0.1) is 0 Å². The van der Waals surface area contributed by atoms with Crippen molar-refractivity contribution in [3.05, 3.63) is 34.3 Å². The Labute approximate surface area is 82.5 Å². The molecule has 2 nitrogen and oxygen atoms in total. The number of rotatable bonds is 2. The molecule has 0 saturated heterocycles. The number of hydrogen-bond donors (Lipinski definition) is 0. The highest BCUT2D eigenvalue weighted by atomic mass is 35.5. The molecule has 0 fully saturated rings. The van der Waals surface area contributed by atoms with Crippen molar-refractivity contribution < 1.29 is 9.53 Å². The molecule has 3 heteroatoms. The fraction of sp³-hybridized carbons (Fsp3) is 0.300. The van der Waals surface area contributed by atoms with Gasteiger partial charge in [0.2, 0.25) is 0 Å². The van der Waals surface area contributed by atoms with E-state index in [2.05, 4.69) is 4.74 Å². The van der Waals surface area contributed by atoms with Gasteiger partial charge >= 0.3 is 5.97 Å². The summed E-state index contributed by atoms with van der Waals surface area (Å²) >= 11 is 5.83. The summed E-state index contributed by atoms with van der Waals surface area (Å²) in [6.07, 6.45) is 0.300. The molecule has 1 rings (SSSR count). The van der Waals surface area contributed by atoms with E-state index in [0.29, 0.717) is 11.4 Å². The van der Waals surface area contributed by atoms with Crippen LogP contribution in [0.1, 0.15) is 11.1 Å². The number of carbonyl (C=O) groups excluding carboxylic acids is 1. The van der Waals surface area contributed by atoms with Crippen LogP contribution in [0.25, 0.3) is 0 Å². The molecule has 70 valence electrons. The van der Waals surface area contributed by atoms with E-state index < -0.39 is 0 Å². The molecule has 0 aliphatic heterocycles. The molecule has 0 spiro atoms. The highest BCUT2D eigenvalue weighted by molar-refractivity contribution is 6.31. The van der Waals surface area contributed by atoms with Crippen LogP contribution in [0.4, 0.5) is 0 Å². The lowest BCUT2D eigenvalue weighted by Crippen LogP contribution is -2.04. The molecule has 0 unspecified atom stereocenters. The second-order valence-corrected chi connectivity index (χ2v) is 3.24. The van der Waals surface area contributed by atoms with Gasteiger partial charge in [-0.2, -0.15) is 0 Å². The average molecular weight is 199 g/mol. The molecule has 0 N–H and O–H groups in total. The topological polar surface area (TPSA) is 26.3 Å². The van der Waals surface area contributed by atoms with Crippen LogP contribution in [0.15, 0.2) is 18.2 Å². The summed E-state index contributed by atoms with van der Waals surface area (Å²) in [6.45, 7) is 1.91. The highest BCUT2D eigenvalue weighted by Gasteiger charge is 2.03. The quantitative estimate of drug-likeness (QED) is 0.682. The van der Waals surface area contributed by atoms with E-state index in [0.717, 1.165) is 11.1 Å². The maximum Gasteiger partial charge on any atom is 0.309 e. The van der Waals surface area contributed by atoms with Gasteiger partial charge in [0.25, 0.3) is 0 Å². The van der Waals surface area contributed by atoms with Crippen molar-refractivity contribution in [1.29, 1.82) is 0 Å². The zero-order chi connectivity index (χ0) is 9.84. The van der Waals surface area contributed by atoms with Crippen molar-refractivity contribution in [2.75, 3.05) is 7.11 Å². The van der Waals surface area contributed by atoms with Crippen LogP contribution in [0, 0.1) is 6.92 Å². The van der Waals surface area contributed by atoms with Crippen molar-refractivity contribution in [2.24, 2.45) is 0 Å². The molecule has 13 heavy (non-hydrogen) atoms. The summed E-state index contributed by atoms with van der Waals surface area (Å²) in [4.78, 5) is 10.9. The zero-order valence-corrected chi connectivity index (χ0v) is 8.39. The Morgan fingerprint density at radius 2 is 2.23 bits per heavy atom. The average Bonchev–Trinajstić information content (AvgIpc) is 2.11. The van der Waals surface area contributed by atoms with E-state index >= 15 is 0 Å². The maximum absolute atomic E-state index is 10.9. The van der Waals surface area contributed by atoms with E-state index in [4.69, 9.17) is 11.6 Å². The van der Waals surface area contributed by atoms with Gasteiger partial charge in [-0.3, -0.25) is 4.79 Å². The number of esters is 1. The monoisotopic (exact) mass is 198 g/mol. The summed E-state index contributed by atoms with van der Waals surface area (Å²) in [7, 11) is 1.38. The van der Waals surface area contributed by atoms with E-state index in [-0.39, 0.29) is 5.97 Å². The van der Waals surface area contributed by atoms with Crippen LogP contribution in [0.2, 0.25) is 5.02 Å². The first-order valence-corrected chi connectivity index (χ1v) is 4.33. The standard InChI is InChI=1S/C10H11ClO2/c1-7-5-8(3-4-9(7)11)6-10(12)13-2/h3-5H,6H2,1-2H3. The third-order valence-electron chi connectivity index (χ3n) is 1.80. The molecule has 0 aromatic heterocycles. The van der Waals surface area contributed by atoms with Gasteiger partial charge in [-0.05, 0) is 24.1 Å². The molecule has 1 aromatic carbocycles. The Balaban J connectivity index is 2.79. The van der Waals surface area contributed by atoms with Gasteiger partial charge in [0, 0.05) is 5.02 Å². The van der Waals surface area contributed by atoms with Crippen molar-refractivity contribution >= 4 is 17.6 Å². The van der Waals surface area contributed by atoms with E-state index in [9.17, 15) is 4.79 Å². The van der Waals surface area contributed by atoms with Gasteiger partial charge in [0.05, 0.1) is 13.5 Å². The predicted octanol–water partition coefficient (Wildman–Crippen LogP) is 2.36. The van der Waals surface area contributed by atoms with E-state index in [1.54, 1.807) is 6.07 Å². The lowest BCUT2D eigenvalue weighted by atomic mass is 10.1. The molecule has 0 heterocycles. The third-order valence-corrected chi connectivity index (χ3v) is 2.22. The highest BCUT2D eigenvalue weighted by Crippen LogP contribution is 2.16. The first-order valence-electron chi connectivity index (χ1n) is 3.95. The lowest BCUT2D eigenvalue weighted by Gasteiger charge is -2.02. The largest absolute Gasteiger partial charge is 0.469 e. The van der Waals surface area contributed by atoms with Crippen molar-refractivity contribution in [3.8, 4) is 0 Å². The normalized spacial score (nSPS) is 9.77. The van der Waals surface area contributed by atoms with Crippen molar-refractivity contribution in [3.63, 3.8) is 0 Å². The van der Waals surface area contributed by atoms with Crippen molar-refractivity contribution in [2.45, 2.75) is 13.3 Å². The molecule has 0 atom stereocenters. The van der Waals surface area contributed by atoms with Crippen LogP contribution in [0.5, 0.6) is 0 Å². The maximum atomic E-state index is 10.9. The van der Waals surface area contributed by atoms with Crippen LogP contribution in [0.3, 0.4) is 0 Å². The van der Waals surface area contributed by atoms with Gasteiger partial charge in [0.1, 0.15) is 0 Å². The Kier molecular flexibility index (Phi) is 3.32. The first-order chi connectivity index (χ1) is 6.13. The lowest BCUT2D eigenvalue weighted by molar-refractivity contribution is -0.139. The summed E-state index contributed by atoms with van der Waals surface area (Å²) in [6, 6.07) is 5.50. The minimum Gasteiger partial charge on any atom is -0.469 e. The fourth-order valence-electron chi connectivity index (χ4n) is 1.06. The minimum atomic E-state index is -0.235. The van der Waals surface area contributed by atoms with Crippen LogP contribution >= 0.6 is 11.6 Å². The number of halogens is 1. The number of aryl methyl sites for hydroxylation is 1. The number of ether oxygens (including phenoxy) is 1. The SMILES string of the molecule is COC(=O)Cc1ccc(Cl)c(C)c1. The molecule has 0 amide bonds. The summed E-state index contributed by atoms with van der Waals surface area (Å²) in [5.41, 5.74) is 1.90. The third kappa shape index (κ3) is 2.74. The Bertz CT molecular complexity index is 321. The van der Waals surface area contributed by atoms with Gasteiger partial charge < -0.3 is 4.74 Å². The molecule has 0 bridgehead atoms. The van der Waals surface area contributed by atoms with Crippen LogP contribution < -0.4 is 0 Å². The molecule has 0 radical (unpaired) electrons. The van der Waals surface area contributed by atoms with Crippen molar-refractivity contribution in [1.82, 2.24) is 0 Å². The van der Waals surface area contributed by atoms with E-state index in [1.807, 2.05) is 19.1 Å². The molecule has 0 saturated carbocycles. The number of hydrogen-bond acceptors (Lipinski definition) is 2. The van der Waals surface area contributed by atoms with Crippen LogP contribution in [-0.4, -0.2) is 13.1 Å². The second kappa shape index (κ2) is 4.28. The molecular formula is C10H11ClO2. The van der Waals surface area contributed by atoms with E-state index in [1.165, 1.54) is 7.11 Å². The van der Waals surface area contributed by atoms with Gasteiger partial charge in [-0.25, -0.2) is 0 Å².